The molecule has 0 bridgehead atoms. The van der Waals surface area contributed by atoms with E-state index < -0.39 is 0 Å². The van der Waals surface area contributed by atoms with E-state index in [4.69, 9.17) is 4.98 Å². The number of piperidine rings is 1. The smallest absolute Gasteiger partial charge is 0.163 e. The van der Waals surface area contributed by atoms with E-state index in [1.54, 1.807) is 6.20 Å². The molecule has 134 valence electrons. The van der Waals surface area contributed by atoms with Crippen molar-refractivity contribution < 1.29 is 4.39 Å². The van der Waals surface area contributed by atoms with Crippen molar-refractivity contribution in [1.29, 1.82) is 0 Å². The maximum absolute atomic E-state index is 13.6. The standard InChI is InChI=1S/C18H17FN6.ClH/c19-12-6-14-15(10-23-16(14)22-8-12)17-21-7-11-3-5-25(18(11)24-17)13-2-1-4-20-9-13;/h3,5-8,10,13,20H,1-2,4,9H2,(H,22,23);1H/t13-;/m0./s1. The largest absolute Gasteiger partial charge is 0.345 e. The fraction of sp³-hybridized carbons (Fsp3) is 0.278. The predicted molar refractivity (Wildman–Crippen MR) is 101 cm³/mol. The molecule has 1 aliphatic rings. The van der Waals surface area contributed by atoms with Crippen molar-refractivity contribution in [3.8, 4) is 11.4 Å². The lowest BCUT2D eigenvalue weighted by Crippen LogP contribution is -2.31. The SMILES string of the molecule is Cl.Fc1cnc2[nH]cc(-c3ncc4ccn([C@H]5CCCNC5)c4n3)c2c1. The van der Waals surface area contributed by atoms with Crippen molar-refractivity contribution in [3.05, 3.63) is 42.7 Å². The van der Waals surface area contributed by atoms with Gasteiger partial charge in [-0.05, 0) is 31.5 Å². The van der Waals surface area contributed by atoms with Crippen LogP contribution in [0.4, 0.5) is 4.39 Å². The predicted octanol–water partition coefficient (Wildman–Crippen LogP) is 3.46. The number of aromatic nitrogens is 5. The van der Waals surface area contributed by atoms with Gasteiger partial charge in [-0.1, -0.05) is 0 Å². The Kier molecular flexibility index (Phi) is 4.34. The number of aromatic amines is 1. The molecule has 0 aromatic carbocycles. The van der Waals surface area contributed by atoms with Crippen LogP contribution in [0.5, 0.6) is 0 Å². The van der Waals surface area contributed by atoms with Crippen LogP contribution in [-0.4, -0.2) is 37.6 Å². The normalized spacial score (nSPS) is 17.5. The van der Waals surface area contributed by atoms with Gasteiger partial charge in [0, 0.05) is 47.5 Å². The van der Waals surface area contributed by atoms with Crippen LogP contribution in [0.25, 0.3) is 33.5 Å². The zero-order valence-corrected chi connectivity index (χ0v) is 14.8. The summed E-state index contributed by atoms with van der Waals surface area (Å²) in [6, 6.07) is 3.91. The Morgan fingerprint density at radius 3 is 3.00 bits per heavy atom. The van der Waals surface area contributed by atoms with E-state index in [1.165, 1.54) is 12.3 Å². The van der Waals surface area contributed by atoms with Crippen molar-refractivity contribution in [3.63, 3.8) is 0 Å². The van der Waals surface area contributed by atoms with Crippen LogP contribution < -0.4 is 5.32 Å². The van der Waals surface area contributed by atoms with Crippen molar-refractivity contribution in [1.82, 2.24) is 29.8 Å². The van der Waals surface area contributed by atoms with Crippen LogP contribution in [0.3, 0.4) is 0 Å². The van der Waals surface area contributed by atoms with Gasteiger partial charge in [-0.2, -0.15) is 0 Å². The summed E-state index contributed by atoms with van der Waals surface area (Å²) < 4.78 is 15.8. The number of nitrogens with one attached hydrogen (secondary N) is 2. The van der Waals surface area contributed by atoms with Gasteiger partial charge in [0.05, 0.1) is 6.20 Å². The van der Waals surface area contributed by atoms with Crippen LogP contribution in [0.2, 0.25) is 0 Å². The van der Waals surface area contributed by atoms with E-state index in [9.17, 15) is 4.39 Å². The molecule has 0 amide bonds. The summed E-state index contributed by atoms with van der Waals surface area (Å²) >= 11 is 0. The molecule has 5 rings (SSSR count). The number of halogens is 2. The van der Waals surface area contributed by atoms with Crippen LogP contribution in [0, 0.1) is 5.82 Å². The summed E-state index contributed by atoms with van der Waals surface area (Å²) in [5.74, 6) is 0.209. The summed E-state index contributed by atoms with van der Waals surface area (Å²) in [5.41, 5.74) is 2.31. The average molecular weight is 373 g/mol. The Bertz CT molecular complexity index is 1070. The maximum atomic E-state index is 13.6. The molecule has 1 fully saturated rings. The number of rotatable bonds is 2. The van der Waals surface area contributed by atoms with Gasteiger partial charge in [-0.15, -0.1) is 12.4 Å². The molecule has 5 heterocycles. The molecule has 0 aliphatic carbocycles. The van der Waals surface area contributed by atoms with Crippen LogP contribution >= 0.6 is 12.4 Å². The number of hydrogen-bond acceptors (Lipinski definition) is 4. The van der Waals surface area contributed by atoms with Gasteiger partial charge in [0.25, 0.3) is 0 Å². The lowest BCUT2D eigenvalue weighted by molar-refractivity contribution is 0.378. The van der Waals surface area contributed by atoms with Crippen molar-refractivity contribution >= 4 is 34.5 Å². The summed E-state index contributed by atoms with van der Waals surface area (Å²) in [5, 5.41) is 5.15. The molecule has 1 saturated heterocycles. The van der Waals surface area contributed by atoms with Crippen molar-refractivity contribution in [2.75, 3.05) is 13.1 Å². The maximum Gasteiger partial charge on any atom is 0.163 e. The van der Waals surface area contributed by atoms with E-state index in [0.717, 1.165) is 42.5 Å². The first kappa shape index (κ1) is 16.9. The van der Waals surface area contributed by atoms with Gasteiger partial charge >= 0.3 is 0 Å². The monoisotopic (exact) mass is 372 g/mol. The number of fused-ring (bicyclic) bond motifs is 2. The molecule has 1 aliphatic heterocycles. The minimum Gasteiger partial charge on any atom is -0.345 e. The lowest BCUT2D eigenvalue weighted by atomic mass is 10.1. The zero-order valence-electron chi connectivity index (χ0n) is 13.9. The van der Waals surface area contributed by atoms with E-state index in [0.29, 0.717) is 22.9 Å². The Hall–Kier alpha value is -2.51. The third-order valence-corrected chi connectivity index (χ3v) is 4.86. The summed E-state index contributed by atoms with van der Waals surface area (Å²) in [7, 11) is 0. The minimum atomic E-state index is -0.369. The Morgan fingerprint density at radius 1 is 1.23 bits per heavy atom. The van der Waals surface area contributed by atoms with Gasteiger partial charge in [0.2, 0.25) is 0 Å². The first-order valence-electron chi connectivity index (χ1n) is 8.47. The fourth-order valence-corrected chi connectivity index (χ4v) is 3.60. The van der Waals surface area contributed by atoms with E-state index in [1.807, 2.05) is 12.3 Å². The minimum absolute atomic E-state index is 0. The average Bonchev–Trinajstić information content (AvgIpc) is 3.25. The molecule has 2 N–H and O–H groups in total. The molecule has 0 radical (unpaired) electrons. The van der Waals surface area contributed by atoms with E-state index >= 15 is 0 Å². The second-order valence-corrected chi connectivity index (χ2v) is 6.45. The molecule has 0 saturated carbocycles. The Labute approximate surface area is 155 Å². The molecule has 26 heavy (non-hydrogen) atoms. The van der Waals surface area contributed by atoms with Gasteiger partial charge in [0.1, 0.15) is 17.1 Å². The topological polar surface area (TPSA) is 71.4 Å². The third kappa shape index (κ3) is 2.73. The second-order valence-electron chi connectivity index (χ2n) is 6.45. The summed E-state index contributed by atoms with van der Waals surface area (Å²) in [6.07, 6.45) is 9.20. The van der Waals surface area contributed by atoms with Gasteiger partial charge in [-0.25, -0.2) is 19.3 Å². The van der Waals surface area contributed by atoms with Gasteiger partial charge < -0.3 is 14.9 Å². The van der Waals surface area contributed by atoms with Crippen molar-refractivity contribution in [2.45, 2.75) is 18.9 Å². The first-order chi connectivity index (χ1) is 12.3. The van der Waals surface area contributed by atoms with Crippen molar-refractivity contribution in [2.24, 2.45) is 0 Å². The number of hydrogen-bond donors (Lipinski definition) is 2. The van der Waals surface area contributed by atoms with Crippen LogP contribution in [-0.2, 0) is 0 Å². The number of pyridine rings is 1. The number of H-pyrrole nitrogens is 1. The van der Waals surface area contributed by atoms with E-state index in [2.05, 4.69) is 31.0 Å². The molecule has 4 aromatic heterocycles. The Balaban J connectivity index is 0.00000168. The quantitative estimate of drug-likeness (QED) is 0.565. The van der Waals surface area contributed by atoms with Crippen LogP contribution in [0.1, 0.15) is 18.9 Å². The highest BCUT2D eigenvalue weighted by molar-refractivity contribution is 5.92. The molecular formula is C18H18ClFN6. The number of nitrogens with zero attached hydrogens (tertiary/aromatic N) is 4. The lowest BCUT2D eigenvalue weighted by Gasteiger charge is -2.24. The molecule has 6 nitrogen and oxygen atoms in total. The highest BCUT2D eigenvalue weighted by Crippen LogP contribution is 2.28. The third-order valence-electron chi connectivity index (χ3n) is 4.86. The Morgan fingerprint density at radius 2 is 2.15 bits per heavy atom. The molecule has 4 aromatic rings. The molecule has 0 spiro atoms. The molecular weight excluding hydrogens is 355 g/mol. The first-order valence-corrected chi connectivity index (χ1v) is 8.47. The van der Waals surface area contributed by atoms with Gasteiger partial charge in [0.15, 0.2) is 5.82 Å². The molecule has 1 atom stereocenters. The van der Waals surface area contributed by atoms with E-state index in [-0.39, 0.29) is 18.2 Å². The summed E-state index contributed by atoms with van der Waals surface area (Å²) in [6.45, 7) is 2.02. The molecule has 0 unspecified atom stereocenters. The highest BCUT2D eigenvalue weighted by Gasteiger charge is 2.18. The second kappa shape index (κ2) is 6.66. The fourth-order valence-electron chi connectivity index (χ4n) is 3.60. The highest BCUT2D eigenvalue weighted by atomic mass is 35.5. The zero-order chi connectivity index (χ0) is 16.8. The van der Waals surface area contributed by atoms with Gasteiger partial charge in [-0.3, -0.25) is 0 Å². The van der Waals surface area contributed by atoms with Crippen LogP contribution in [0.15, 0.2) is 36.9 Å². The molecule has 8 heteroatoms. The summed E-state index contributed by atoms with van der Waals surface area (Å²) in [4.78, 5) is 16.4.